The summed E-state index contributed by atoms with van der Waals surface area (Å²) in [5.41, 5.74) is 1.94. The van der Waals surface area contributed by atoms with Crippen molar-refractivity contribution in [3.63, 3.8) is 0 Å². The number of ether oxygens (including phenoxy) is 2. The summed E-state index contributed by atoms with van der Waals surface area (Å²) in [6.45, 7) is 2.51. The summed E-state index contributed by atoms with van der Waals surface area (Å²) in [6.07, 6.45) is 3.46. The summed E-state index contributed by atoms with van der Waals surface area (Å²) in [4.78, 5) is 26.9. The molecule has 0 aromatic heterocycles. The van der Waals surface area contributed by atoms with Crippen LogP contribution in [-0.4, -0.2) is 50.1 Å². The minimum absolute atomic E-state index is 0.0107. The van der Waals surface area contributed by atoms with E-state index < -0.39 is 0 Å². The van der Waals surface area contributed by atoms with Gasteiger partial charge in [-0.25, -0.2) is 0 Å². The minimum Gasteiger partial charge on any atom is -0.495 e. The molecule has 2 aromatic carbocycles. The van der Waals surface area contributed by atoms with Gasteiger partial charge in [0, 0.05) is 32.0 Å². The number of likely N-dealkylation sites (tertiary alicyclic amines) is 1. The second-order valence-corrected chi connectivity index (χ2v) is 7.80. The lowest BCUT2D eigenvalue weighted by molar-refractivity contribution is -0.134. The number of nitrogens with one attached hydrogen (secondary N) is 1. The Morgan fingerprint density at radius 1 is 1.00 bits per heavy atom. The van der Waals surface area contributed by atoms with Crippen molar-refractivity contribution in [3.8, 4) is 5.75 Å². The Hall–Kier alpha value is -2.86. The second-order valence-electron chi connectivity index (χ2n) is 7.80. The Bertz CT molecular complexity index is 832. The number of carbonyl (C=O) groups excluding carboxylic acids is 2. The predicted molar refractivity (Wildman–Crippen MR) is 121 cm³/mol. The first-order chi connectivity index (χ1) is 15.2. The average molecular weight is 425 g/mol. The average Bonchev–Trinajstić information content (AvgIpc) is 2.82. The molecule has 1 heterocycles. The van der Waals surface area contributed by atoms with E-state index in [0.717, 1.165) is 12.8 Å². The Kier molecular flexibility index (Phi) is 8.91. The Morgan fingerprint density at radius 2 is 1.71 bits per heavy atom. The van der Waals surface area contributed by atoms with E-state index in [0.29, 0.717) is 57.0 Å². The first kappa shape index (κ1) is 22.8. The topological polar surface area (TPSA) is 67.9 Å². The van der Waals surface area contributed by atoms with E-state index in [2.05, 4.69) is 17.4 Å². The van der Waals surface area contributed by atoms with Crippen LogP contribution in [0.4, 0.5) is 5.69 Å². The number of methoxy groups -OCH3 is 1. The molecule has 0 radical (unpaired) electrons. The Morgan fingerprint density at radius 3 is 2.45 bits per heavy atom. The van der Waals surface area contributed by atoms with Crippen LogP contribution in [0.1, 0.15) is 31.2 Å². The van der Waals surface area contributed by atoms with Gasteiger partial charge in [-0.1, -0.05) is 42.5 Å². The molecule has 1 fully saturated rings. The first-order valence-electron chi connectivity index (χ1n) is 11.0. The Labute approximate surface area is 184 Å². The van der Waals surface area contributed by atoms with Crippen LogP contribution in [0.25, 0.3) is 0 Å². The van der Waals surface area contributed by atoms with E-state index >= 15 is 0 Å². The van der Waals surface area contributed by atoms with Crippen molar-refractivity contribution in [3.05, 3.63) is 60.2 Å². The molecule has 3 rings (SSSR count). The van der Waals surface area contributed by atoms with E-state index in [9.17, 15) is 9.59 Å². The number of rotatable bonds is 10. The lowest BCUT2D eigenvalue weighted by Gasteiger charge is -2.31. The predicted octanol–water partition coefficient (Wildman–Crippen LogP) is 3.91. The zero-order valence-corrected chi connectivity index (χ0v) is 18.2. The van der Waals surface area contributed by atoms with Crippen LogP contribution in [-0.2, 0) is 20.7 Å². The van der Waals surface area contributed by atoms with Crippen LogP contribution < -0.4 is 10.1 Å². The maximum absolute atomic E-state index is 12.6. The third-order valence-corrected chi connectivity index (χ3v) is 5.64. The van der Waals surface area contributed by atoms with Crippen LogP contribution in [0.15, 0.2) is 54.6 Å². The molecule has 31 heavy (non-hydrogen) atoms. The third kappa shape index (κ3) is 7.10. The highest BCUT2D eigenvalue weighted by Crippen LogP contribution is 2.26. The molecule has 0 saturated carbocycles. The quantitative estimate of drug-likeness (QED) is 0.587. The van der Waals surface area contributed by atoms with Crippen LogP contribution in [0, 0.1) is 5.92 Å². The molecule has 2 aromatic rings. The van der Waals surface area contributed by atoms with Gasteiger partial charge in [0.2, 0.25) is 11.8 Å². The maximum atomic E-state index is 12.6. The van der Waals surface area contributed by atoms with E-state index in [1.807, 2.05) is 47.4 Å². The van der Waals surface area contributed by atoms with E-state index in [-0.39, 0.29) is 17.7 Å². The van der Waals surface area contributed by atoms with Crippen molar-refractivity contribution in [2.45, 2.75) is 32.1 Å². The molecule has 6 heteroatoms. The van der Waals surface area contributed by atoms with E-state index in [1.54, 1.807) is 7.11 Å². The summed E-state index contributed by atoms with van der Waals surface area (Å²) < 4.78 is 11.0. The monoisotopic (exact) mass is 424 g/mol. The number of hydrogen-bond acceptors (Lipinski definition) is 4. The second kappa shape index (κ2) is 12.1. The molecule has 0 spiro atoms. The summed E-state index contributed by atoms with van der Waals surface area (Å²) >= 11 is 0. The van der Waals surface area contributed by atoms with Crippen LogP contribution in [0.5, 0.6) is 5.75 Å². The van der Waals surface area contributed by atoms with Gasteiger partial charge in [-0.05, 0) is 43.4 Å². The molecule has 2 amide bonds. The van der Waals surface area contributed by atoms with Crippen LogP contribution in [0.2, 0.25) is 0 Å². The maximum Gasteiger partial charge on any atom is 0.227 e. The molecule has 166 valence electrons. The van der Waals surface area contributed by atoms with Gasteiger partial charge in [0.1, 0.15) is 5.75 Å². The summed E-state index contributed by atoms with van der Waals surface area (Å²) in [7, 11) is 1.59. The highest BCUT2D eigenvalue weighted by molar-refractivity contribution is 5.94. The largest absolute Gasteiger partial charge is 0.495 e. The standard InChI is InChI=1S/C25H32N2O4/c1-30-23-11-6-5-10-22(23)26-25(29)21-13-16-27(17-14-21)24(28)12-7-18-31-19-15-20-8-3-2-4-9-20/h2-6,8-11,21H,7,12-19H2,1H3,(H,26,29). The molecular formula is C25H32N2O4. The molecule has 0 unspecified atom stereocenters. The summed E-state index contributed by atoms with van der Waals surface area (Å²) in [6, 6.07) is 17.6. The summed E-state index contributed by atoms with van der Waals surface area (Å²) in [5, 5.41) is 2.96. The number of hydrogen-bond donors (Lipinski definition) is 1. The van der Waals surface area contributed by atoms with Crippen molar-refractivity contribution in [2.24, 2.45) is 5.92 Å². The van der Waals surface area contributed by atoms with Gasteiger partial charge in [0.15, 0.2) is 0 Å². The lowest BCUT2D eigenvalue weighted by Crippen LogP contribution is -2.41. The smallest absolute Gasteiger partial charge is 0.227 e. The molecule has 1 N–H and O–H groups in total. The van der Waals surface area contributed by atoms with Crippen LogP contribution >= 0.6 is 0 Å². The number of benzene rings is 2. The third-order valence-electron chi connectivity index (χ3n) is 5.64. The fourth-order valence-electron chi connectivity index (χ4n) is 3.79. The van der Waals surface area contributed by atoms with Crippen LogP contribution in [0.3, 0.4) is 0 Å². The molecule has 0 aliphatic carbocycles. The van der Waals surface area contributed by atoms with Crippen molar-refractivity contribution in [1.29, 1.82) is 0 Å². The fourth-order valence-corrected chi connectivity index (χ4v) is 3.79. The van der Waals surface area contributed by atoms with Crippen molar-refractivity contribution >= 4 is 17.5 Å². The molecular weight excluding hydrogens is 392 g/mol. The van der Waals surface area contributed by atoms with Gasteiger partial charge in [0.05, 0.1) is 19.4 Å². The minimum atomic E-state index is -0.0877. The SMILES string of the molecule is COc1ccccc1NC(=O)C1CCN(C(=O)CCCOCCc2ccccc2)CC1. The zero-order chi connectivity index (χ0) is 21.9. The van der Waals surface area contributed by atoms with Crippen molar-refractivity contribution in [1.82, 2.24) is 4.90 Å². The molecule has 1 aliphatic rings. The highest BCUT2D eigenvalue weighted by Gasteiger charge is 2.27. The van der Waals surface area contributed by atoms with Gasteiger partial charge >= 0.3 is 0 Å². The van der Waals surface area contributed by atoms with E-state index in [1.165, 1.54) is 5.56 Å². The van der Waals surface area contributed by atoms with Gasteiger partial charge in [-0.3, -0.25) is 9.59 Å². The summed E-state index contributed by atoms with van der Waals surface area (Å²) in [5.74, 6) is 0.698. The van der Waals surface area contributed by atoms with E-state index in [4.69, 9.17) is 9.47 Å². The number of para-hydroxylation sites is 2. The first-order valence-corrected chi connectivity index (χ1v) is 11.0. The fraction of sp³-hybridized carbons (Fsp3) is 0.440. The van der Waals surface area contributed by atoms with Gasteiger partial charge < -0.3 is 19.7 Å². The molecule has 1 aliphatic heterocycles. The molecule has 1 saturated heterocycles. The molecule has 0 bridgehead atoms. The van der Waals surface area contributed by atoms with Crippen molar-refractivity contribution in [2.75, 3.05) is 38.7 Å². The molecule has 0 atom stereocenters. The van der Waals surface area contributed by atoms with Gasteiger partial charge in [-0.15, -0.1) is 0 Å². The number of amides is 2. The molecule has 6 nitrogen and oxygen atoms in total. The normalized spacial score (nSPS) is 14.3. The van der Waals surface area contributed by atoms with Gasteiger partial charge in [-0.2, -0.15) is 0 Å². The number of carbonyl (C=O) groups is 2. The number of piperidine rings is 1. The Balaban J connectivity index is 1.30. The zero-order valence-electron chi connectivity index (χ0n) is 18.2. The number of anilines is 1. The highest BCUT2D eigenvalue weighted by atomic mass is 16.5. The number of nitrogens with zero attached hydrogens (tertiary/aromatic N) is 1. The van der Waals surface area contributed by atoms with Gasteiger partial charge in [0.25, 0.3) is 0 Å². The lowest BCUT2D eigenvalue weighted by atomic mass is 9.95. The van der Waals surface area contributed by atoms with Crippen molar-refractivity contribution < 1.29 is 19.1 Å².